The number of hydrogen-bond donors (Lipinski definition) is 3. The van der Waals surface area contributed by atoms with Crippen LogP contribution in [0.25, 0.3) is 0 Å². The average molecular weight is 467 g/mol. The number of halogens is 1. The fourth-order valence-electron chi connectivity index (χ4n) is 1.94. The molecular weight excluding hydrogens is 437 g/mol. The molecule has 1 rings (SSSR count). The predicted octanol–water partition coefficient (Wildman–Crippen LogP) is 2.19. The van der Waals surface area contributed by atoms with Crippen molar-refractivity contribution in [2.24, 2.45) is 10.4 Å². The Balaban J connectivity index is 0.00000529. The van der Waals surface area contributed by atoms with Gasteiger partial charge in [0.15, 0.2) is 5.96 Å². The van der Waals surface area contributed by atoms with E-state index in [1.54, 1.807) is 18.4 Å². The monoisotopic (exact) mass is 467 g/mol. The Morgan fingerprint density at radius 3 is 2.58 bits per heavy atom. The van der Waals surface area contributed by atoms with Crippen LogP contribution in [0.2, 0.25) is 0 Å². The maximum Gasteiger partial charge on any atom is 0.227 e. The van der Waals surface area contributed by atoms with Crippen LogP contribution in [-0.4, -0.2) is 43.5 Å². The van der Waals surface area contributed by atoms with E-state index in [1.165, 1.54) is 4.88 Å². The minimum absolute atomic E-state index is 0. The molecule has 8 heteroatoms. The number of nitrogens with one attached hydrogen (secondary N) is 3. The molecule has 1 aromatic rings. The number of carbonyl (C=O) groups is 1. The number of aromatic nitrogens is 1. The van der Waals surface area contributed by atoms with Crippen molar-refractivity contribution >= 4 is 47.2 Å². The Morgan fingerprint density at radius 2 is 2.04 bits per heavy atom. The summed E-state index contributed by atoms with van der Waals surface area (Å²) in [5.41, 5.74) is -0.525. The molecule has 0 aliphatic heterocycles. The van der Waals surface area contributed by atoms with Crippen molar-refractivity contribution < 1.29 is 4.79 Å². The van der Waals surface area contributed by atoms with Gasteiger partial charge in [0.1, 0.15) is 0 Å². The number of aliphatic imine (C=N–C) groups is 1. The van der Waals surface area contributed by atoms with E-state index in [0.29, 0.717) is 6.54 Å². The normalized spacial score (nSPS) is 11.6. The molecule has 1 aromatic heterocycles. The maximum atomic E-state index is 11.8. The smallest absolute Gasteiger partial charge is 0.227 e. The lowest BCUT2D eigenvalue weighted by molar-refractivity contribution is -0.128. The third-order valence-corrected chi connectivity index (χ3v) is 4.60. The summed E-state index contributed by atoms with van der Waals surface area (Å²) in [4.78, 5) is 22.1. The number of aryl methyl sites for hydroxylation is 1. The molecule has 1 heterocycles. The molecule has 0 saturated carbocycles. The first-order chi connectivity index (χ1) is 10.9. The van der Waals surface area contributed by atoms with Crippen LogP contribution in [0.15, 0.2) is 11.2 Å². The van der Waals surface area contributed by atoms with Gasteiger partial charge in [-0.1, -0.05) is 6.92 Å². The van der Waals surface area contributed by atoms with Crippen LogP contribution in [0.4, 0.5) is 0 Å². The summed E-state index contributed by atoms with van der Waals surface area (Å²) in [6, 6.07) is 0. The summed E-state index contributed by atoms with van der Waals surface area (Å²) < 4.78 is 0. The van der Waals surface area contributed by atoms with Crippen LogP contribution in [0.1, 0.15) is 37.6 Å². The van der Waals surface area contributed by atoms with Crippen molar-refractivity contribution in [2.45, 2.75) is 40.5 Å². The van der Waals surface area contributed by atoms with Gasteiger partial charge >= 0.3 is 0 Å². The van der Waals surface area contributed by atoms with Crippen molar-refractivity contribution in [3.8, 4) is 0 Å². The quantitative estimate of drug-likeness (QED) is 0.311. The molecule has 0 unspecified atom stereocenters. The Bertz CT molecular complexity index is 530. The molecule has 138 valence electrons. The molecule has 0 aromatic carbocycles. The molecular formula is C16H30IN5OS. The number of hydrogen-bond acceptors (Lipinski definition) is 4. The summed E-state index contributed by atoms with van der Waals surface area (Å²) >= 11 is 1.76. The molecule has 0 aliphatic rings. The van der Waals surface area contributed by atoms with Crippen LogP contribution in [0.5, 0.6) is 0 Å². The molecule has 0 spiro atoms. The Morgan fingerprint density at radius 1 is 1.33 bits per heavy atom. The van der Waals surface area contributed by atoms with Crippen LogP contribution in [-0.2, 0) is 17.6 Å². The summed E-state index contributed by atoms with van der Waals surface area (Å²) in [6.45, 7) is 9.92. The number of guanidine groups is 1. The van der Waals surface area contributed by atoms with Crippen molar-refractivity contribution in [3.05, 3.63) is 16.1 Å². The first-order valence-electron chi connectivity index (χ1n) is 8.10. The summed E-state index contributed by atoms with van der Waals surface area (Å²) in [6.07, 6.45) is 3.85. The van der Waals surface area contributed by atoms with Gasteiger partial charge in [-0.05, 0) is 27.2 Å². The number of carbonyl (C=O) groups excluding carboxylic acids is 1. The van der Waals surface area contributed by atoms with Gasteiger partial charge in [0, 0.05) is 37.6 Å². The first-order valence-corrected chi connectivity index (χ1v) is 8.92. The number of amides is 1. The van der Waals surface area contributed by atoms with E-state index in [9.17, 15) is 4.79 Å². The molecule has 24 heavy (non-hydrogen) atoms. The fourth-order valence-corrected chi connectivity index (χ4v) is 2.81. The predicted molar refractivity (Wildman–Crippen MR) is 112 cm³/mol. The minimum Gasteiger partial charge on any atom is -0.359 e. The van der Waals surface area contributed by atoms with E-state index in [2.05, 4.69) is 32.9 Å². The zero-order chi connectivity index (χ0) is 17.3. The first kappa shape index (κ1) is 23.1. The Kier molecular flexibility index (Phi) is 11.2. The maximum absolute atomic E-state index is 11.8. The van der Waals surface area contributed by atoms with E-state index in [-0.39, 0.29) is 29.9 Å². The average Bonchev–Trinajstić information content (AvgIpc) is 2.99. The third kappa shape index (κ3) is 7.78. The van der Waals surface area contributed by atoms with Crippen LogP contribution in [0, 0.1) is 5.41 Å². The Hall–Kier alpha value is -0.900. The minimum atomic E-state index is -0.525. The van der Waals surface area contributed by atoms with E-state index < -0.39 is 5.41 Å². The van der Waals surface area contributed by atoms with Gasteiger partial charge in [0.2, 0.25) is 5.91 Å². The van der Waals surface area contributed by atoms with E-state index >= 15 is 0 Å². The molecule has 0 saturated heterocycles. The zero-order valence-corrected chi connectivity index (χ0v) is 18.4. The number of thiazole rings is 1. The van der Waals surface area contributed by atoms with Crippen molar-refractivity contribution in [1.82, 2.24) is 20.9 Å². The molecule has 0 bridgehead atoms. The van der Waals surface area contributed by atoms with E-state index in [1.807, 2.05) is 27.0 Å². The van der Waals surface area contributed by atoms with Gasteiger partial charge < -0.3 is 16.0 Å². The van der Waals surface area contributed by atoms with Crippen molar-refractivity contribution in [3.63, 3.8) is 0 Å². The third-order valence-electron chi connectivity index (χ3n) is 3.40. The molecule has 6 nitrogen and oxygen atoms in total. The second-order valence-corrected chi connectivity index (χ2v) is 7.11. The fraction of sp³-hybridized carbons (Fsp3) is 0.688. The van der Waals surface area contributed by atoms with Crippen molar-refractivity contribution in [2.75, 3.05) is 26.7 Å². The van der Waals surface area contributed by atoms with Gasteiger partial charge in [-0.15, -0.1) is 35.3 Å². The van der Waals surface area contributed by atoms with Crippen molar-refractivity contribution in [1.29, 1.82) is 0 Å². The SMILES string of the molecule is CCNC(=NCC(C)(C)C(=O)NC)NCCc1ncc(CC)s1.I. The van der Waals surface area contributed by atoms with E-state index in [4.69, 9.17) is 0 Å². The highest BCUT2D eigenvalue weighted by Gasteiger charge is 2.26. The highest BCUT2D eigenvalue weighted by Crippen LogP contribution is 2.15. The van der Waals surface area contributed by atoms with Gasteiger partial charge in [0.05, 0.1) is 17.0 Å². The van der Waals surface area contributed by atoms with Crippen LogP contribution < -0.4 is 16.0 Å². The topological polar surface area (TPSA) is 78.4 Å². The van der Waals surface area contributed by atoms with Crippen LogP contribution in [0.3, 0.4) is 0 Å². The standard InChI is InChI=1S/C16H29N5OS.HI/c1-6-12-10-20-13(23-12)8-9-19-15(18-7-2)21-11-16(3,4)14(22)17-5;/h10H,6-9,11H2,1-5H3,(H,17,22)(H2,18,19,21);1H. The van der Waals surface area contributed by atoms with Gasteiger partial charge in [-0.25, -0.2) is 4.98 Å². The summed E-state index contributed by atoms with van der Waals surface area (Å²) in [5.74, 6) is 0.726. The molecule has 3 N–H and O–H groups in total. The largest absolute Gasteiger partial charge is 0.359 e. The second kappa shape index (κ2) is 11.6. The molecule has 0 radical (unpaired) electrons. The molecule has 1 amide bonds. The highest BCUT2D eigenvalue weighted by atomic mass is 127. The summed E-state index contributed by atoms with van der Waals surface area (Å²) in [5, 5.41) is 10.3. The van der Waals surface area contributed by atoms with Gasteiger partial charge in [0.25, 0.3) is 0 Å². The van der Waals surface area contributed by atoms with Crippen LogP contribution >= 0.6 is 35.3 Å². The number of nitrogens with zero attached hydrogens (tertiary/aromatic N) is 2. The lowest BCUT2D eigenvalue weighted by Crippen LogP contribution is -2.41. The number of rotatable bonds is 8. The molecule has 0 fully saturated rings. The zero-order valence-electron chi connectivity index (χ0n) is 15.2. The molecule has 0 atom stereocenters. The molecule has 0 aliphatic carbocycles. The second-order valence-electron chi connectivity index (χ2n) is 5.91. The van der Waals surface area contributed by atoms with Gasteiger partial charge in [-0.2, -0.15) is 0 Å². The summed E-state index contributed by atoms with van der Waals surface area (Å²) in [7, 11) is 1.65. The van der Waals surface area contributed by atoms with E-state index in [0.717, 1.165) is 36.9 Å². The lowest BCUT2D eigenvalue weighted by Gasteiger charge is -2.21. The van der Waals surface area contributed by atoms with Gasteiger partial charge in [-0.3, -0.25) is 9.79 Å². The highest BCUT2D eigenvalue weighted by molar-refractivity contribution is 14.0. The Labute approximate surface area is 166 Å². The lowest BCUT2D eigenvalue weighted by atomic mass is 9.93.